The van der Waals surface area contributed by atoms with Crippen LogP contribution in [0.15, 0.2) is 88.9 Å². The van der Waals surface area contributed by atoms with Gasteiger partial charge in [0.2, 0.25) is 0 Å². The Labute approximate surface area is 243 Å². The minimum atomic E-state index is -0.538. The molecule has 4 aromatic rings. The van der Waals surface area contributed by atoms with Crippen molar-refractivity contribution in [3.8, 4) is 11.5 Å². The molecule has 41 heavy (non-hydrogen) atoms. The molecule has 0 bridgehead atoms. The molecule has 1 saturated heterocycles. The number of aryl methyl sites for hydroxylation is 1. The number of nitrogens with zero attached hydrogens (tertiary/aromatic N) is 3. The number of aromatic nitrogens is 1. The number of carbonyl (C=O) groups is 3. The average Bonchev–Trinajstić information content (AvgIpc) is 3.50. The minimum Gasteiger partial charge on any atom is -0.508 e. The van der Waals surface area contributed by atoms with Gasteiger partial charge in [0.1, 0.15) is 16.4 Å². The molecule has 1 aromatic heterocycles. The number of anilines is 2. The average molecular weight is 586 g/mol. The highest BCUT2D eigenvalue weighted by Crippen LogP contribution is 2.36. The van der Waals surface area contributed by atoms with Crippen LogP contribution < -0.4 is 20.4 Å². The van der Waals surface area contributed by atoms with Crippen LogP contribution in [0.25, 0.3) is 6.08 Å². The minimum absolute atomic E-state index is 0.0790. The summed E-state index contributed by atoms with van der Waals surface area (Å²) in [7, 11) is 1.54. The molecule has 3 aromatic carbocycles. The highest BCUT2D eigenvalue weighted by molar-refractivity contribution is 8.19. The van der Waals surface area contributed by atoms with Crippen LogP contribution >= 0.6 is 23.1 Å². The molecule has 1 fully saturated rings. The van der Waals surface area contributed by atoms with E-state index < -0.39 is 5.91 Å². The van der Waals surface area contributed by atoms with Gasteiger partial charge in [-0.2, -0.15) is 0 Å². The lowest BCUT2D eigenvalue weighted by atomic mass is 10.2. The van der Waals surface area contributed by atoms with Crippen LogP contribution in [-0.4, -0.2) is 40.1 Å². The summed E-state index contributed by atoms with van der Waals surface area (Å²) in [4.78, 5) is 45.4. The Morgan fingerprint density at radius 1 is 1.02 bits per heavy atom. The van der Waals surface area contributed by atoms with E-state index in [0.717, 1.165) is 23.1 Å². The SMILES string of the molecule is COc1ccc(C(=O)Nc2nc(C)c(C(=O)N/N=C3\S/C(=C\c4cccc(O)c4)C(=O)N3c3ccccc3)s2)cc1. The second-order valence-corrected chi connectivity index (χ2v) is 10.6. The molecule has 0 spiro atoms. The Balaban J connectivity index is 1.35. The molecule has 3 amide bonds. The van der Waals surface area contributed by atoms with E-state index in [1.54, 1.807) is 92.9 Å². The number of amidine groups is 1. The maximum absolute atomic E-state index is 13.4. The number of rotatable bonds is 7. The van der Waals surface area contributed by atoms with E-state index in [4.69, 9.17) is 4.74 Å². The van der Waals surface area contributed by atoms with Crippen LogP contribution in [0.3, 0.4) is 0 Å². The van der Waals surface area contributed by atoms with Gasteiger partial charge < -0.3 is 9.84 Å². The zero-order valence-electron chi connectivity index (χ0n) is 21.8. The van der Waals surface area contributed by atoms with Crippen molar-refractivity contribution < 1.29 is 24.2 Å². The number of phenolic OH excluding ortho intramolecular Hbond substituents is 1. The second kappa shape index (κ2) is 12.1. The Morgan fingerprint density at radius 3 is 2.49 bits per heavy atom. The molecule has 0 saturated carbocycles. The van der Waals surface area contributed by atoms with Gasteiger partial charge in [-0.15, -0.1) is 5.10 Å². The number of benzene rings is 3. The normalized spacial score (nSPS) is 14.9. The summed E-state index contributed by atoms with van der Waals surface area (Å²) in [5.41, 5.74) is 4.56. The van der Waals surface area contributed by atoms with Gasteiger partial charge in [0.25, 0.3) is 17.7 Å². The van der Waals surface area contributed by atoms with E-state index >= 15 is 0 Å². The van der Waals surface area contributed by atoms with Gasteiger partial charge in [0.05, 0.1) is 23.4 Å². The lowest BCUT2D eigenvalue weighted by Crippen LogP contribution is -2.31. The number of hydrazone groups is 1. The standard InChI is InChI=1S/C29H23N5O5S2/c1-17-24(41-28(30-17)31-25(36)19-11-13-22(39-2)14-12-19)26(37)32-33-29-34(20-8-4-3-5-9-20)27(38)23(40-29)16-18-7-6-10-21(35)15-18/h3-16,35H,1-2H3,(H,32,37)(H,30,31,36)/b23-16-,33-29-. The van der Waals surface area contributed by atoms with Crippen molar-refractivity contribution in [2.45, 2.75) is 6.92 Å². The fourth-order valence-electron chi connectivity index (χ4n) is 3.84. The summed E-state index contributed by atoms with van der Waals surface area (Å²) in [5, 5.41) is 17.3. The Kier molecular flexibility index (Phi) is 8.13. The first-order valence-electron chi connectivity index (χ1n) is 12.2. The number of thioether (sulfide) groups is 1. The Bertz CT molecular complexity index is 1680. The van der Waals surface area contributed by atoms with Gasteiger partial charge in [-0.05, 0) is 78.9 Å². The van der Waals surface area contributed by atoms with Crippen molar-refractivity contribution in [1.29, 1.82) is 0 Å². The molecule has 1 aliphatic heterocycles. The van der Waals surface area contributed by atoms with E-state index in [0.29, 0.717) is 33.2 Å². The first-order valence-corrected chi connectivity index (χ1v) is 13.8. The van der Waals surface area contributed by atoms with Gasteiger partial charge in [0.15, 0.2) is 10.3 Å². The smallest absolute Gasteiger partial charge is 0.283 e. The second-order valence-electron chi connectivity index (χ2n) is 8.63. The maximum Gasteiger partial charge on any atom is 0.283 e. The van der Waals surface area contributed by atoms with Gasteiger partial charge in [-0.1, -0.05) is 41.7 Å². The van der Waals surface area contributed by atoms with Gasteiger partial charge in [-0.25, -0.2) is 10.4 Å². The first-order chi connectivity index (χ1) is 19.8. The van der Waals surface area contributed by atoms with Crippen molar-refractivity contribution >= 4 is 62.9 Å². The third kappa shape index (κ3) is 6.29. The lowest BCUT2D eigenvalue weighted by Gasteiger charge is -2.15. The zero-order valence-corrected chi connectivity index (χ0v) is 23.5. The quantitative estimate of drug-likeness (QED) is 0.200. The highest BCUT2D eigenvalue weighted by Gasteiger charge is 2.35. The monoisotopic (exact) mass is 585 g/mol. The molecular formula is C29H23N5O5S2. The molecule has 12 heteroatoms. The molecule has 0 aliphatic carbocycles. The number of carbonyl (C=O) groups excluding carboxylic acids is 3. The number of methoxy groups -OCH3 is 1. The zero-order chi connectivity index (χ0) is 28.9. The Hall–Kier alpha value is -4.94. The summed E-state index contributed by atoms with van der Waals surface area (Å²) < 4.78 is 5.11. The van der Waals surface area contributed by atoms with Crippen LogP contribution in [0, 0.1) is 6.92 Å². The first kappa shape index (κ1) is 27.6. The Morgan fingerprint density at radius 2 is 1.78 bits per heavy atom. The topological polar surface area (TPSA) is 133 Å². The van der Waals surface area contributed by atoms with Crippen molar-refractivity contribution in [2.75, 3.05) is 17.3 Å². The summed E-state index contributed by atoms with van der Waals surface area (Å²) in [6, 6.07) is 22.1. The number of ether oxygens (including phenoxy) is 1. The van der Waals surface area contributed by atoms with E-state index in [1.165, 1.54) is 4.90 Å². The maximum atomic E-state index is 13.4. The molecule has 0 atom stereocenters. The van der Waals surface area contributed by atoms with Crippen molar-refractivity contribution in [3.05, 3.63) is 105 Å². The lowest BCUT2D eigenvalue weighted by molar-refractivity contribution is -0.113. The van der Waals surface area contributed by atoms with Crippen molar-refractivity contribution in [2.24, 2.45) is 5.10 Å². The molecule has 3 N–H and O–H groups in total. The predicted octanol–water partition coefficient (Wildman–Crippen LogP) is 5.24. The van der Waals surface area contributed by atoms with Gasteiger partial charge >= 0.3 is 0 Å². The predicted molar refractivity (Wildman–Crippen MR) is 160 cm³/mol. The van der Waals surface area contributed by atoms with Crippen molar-refractivity contribution in [3.63, 3.8) is 0 Å². The van der Waals surface area contributed by atoms with Gasteiger partial charge in [0, 0.05) is 5.56 Å². The summed E-state index contributed by atoms with van der Waals surface area (Å²) >= 11 is 2.10. The van der Waals surface area contributed by atoms with Crippen LogP contribution in [-0.2, 0) is 4.79 Å². The van der Waals surface area contributed by atoms with E-state index in [-0.39, 0.29) is 32.7 Å². The number of nitrogens with one attached hydrogen (secondary N) is 2. The summed E-state index contributed by atoms with van der Waals surface area (Å²) in [5.74, 6) is -0.532. The third-order valence-electron chi connectivity index (χ3n) is 5.82. The number of phenols is 1. The molecule has 10 nitrogen and oxygen atoms in total. The fourth-order valence-corrected chi connectivity index (χ4v) is 5.63. The number of hydrogen-bond acceptors (Lipinski definition) is 9. The number of thiazole rings is 1. The van der Waals surface area contributed by atoms with Crippen LogP contribution in [0.1, 0.15) is 31.3 Å². The number of amides is 3. The molecule has 0 unspecified atom stereocenters. The summed E-state index contributed by atoms with van der Waals surface area (Å²) in [6.07, 6.45) is 1.65. The van der Waals surface area contributed by atoms with E-state index in [9.17, 15) is 19.5 Å². The third-order valence-corrected chi connectivity index (χ3v) is 7.86. The number of para-hydroxylation sites is 1. The van der Waals surface area contributed by atoms with Gasteiger partial charge in [-0.3, -0.25) is 24.6 Å². The molecule has 0 radical (unpaired) electrons. The molecule has 5 rings (SSSR count). The number of hydrogen-bond donors (Lipinski definition) is 3. The molecule has 206 valence electrons. The highest BCUT2D eigenvalue weighted by atomic mass is 32.2. The molecule has 2 heterocycles. The van der Waals surface area contributed by atoms with E-state index in [2.05, 4.69) is 20.8 Å². The summed E-state index contributed by atoms with van der Waals surface area (Å²) in [6.45, 7) is 1.65. The fraction of sp³-hybridized carbons (Fsp3) is 0.0690. The largest absolute Gasteiger partial charge is 0.508 e. The van der Waals surface area contributed by atoms with Crippen LogP contribution in [0.4, 0.5) is 10.8 Å². The van der Waals surface area contributed by atoms with E-state index in [1.807, 2.05) is 6.07 Å². The number of aromatic hydroxyl groups is 1. The molecule has 1 aliphatic rings. The molecular weight excluding hydrogens is 562 g/mol. The van der Waals surface area contributed by atoms with Crippen LogP contribution in [0.2, 0.25) is 0 Å². The van der Waals surface area contributed by atoms with Crippen LogP contribution in [0.5, 0.6) is 11.5 Å². The van der Waals surface area contributed by atoms with Crippen molar-refractivity contribution in [1.82, 2.24) is 10.4 Å².